The maximum atomic E-state index is 14.2. The van der Waals surface area contributed by atoms with E-state index in [0.29, 0.717) is 17.8 Å². The zero-order valence-electron chi connectivity index (χ0n) is 21.6. The number of nitrogens with zero attached hydrogens (tertiary/aromatic N) is 2. The first-order valence-corrected chi connectivity index (χ1v) is 13.6. The zero-order chi connectivity index (χ0) is 25.1. The highest BCUT2D eigenvalue weighted by molar-refractivity contribution is 5.31. The molecule has 0 spiro atoms. The van der Waals surface area contributed by atoms with Gasteiger partial charge in [-0.15, -0.1) is 0 Å². The van der Waals surface area contributed by atoms with Gasteiger partial charge in [-0.05, 0) is 105 Å². The van der Waals surface area contributed by atoms with Crippen molar-refractivity contribution in [3.05, 3.63) is 77.0 Å². The van der Waals surface area contributed by atoms with Crippen molar-refractivity contribution in [2.45, 2.75) is 57.4 Å². The SMILES string of the molecule is CCN1NC(Cc2ccc(OC)c(F)c2)C=C1C1CCN(CC2CCC[C@@H]2c2cccc(F)c2)CC1. The second kappa shape index (κ2) is 11.3. The van der Waals surface area contributed by atoms with E-state index in [4.69, 9.17) is 4.74 Å². The van der Waals surface area contributed by atoms with Gasteiger partial charge in [-0.25, -0.2) is 14.2 Å². The van der Waals surface area contributed by atoms with Gasteiger partial charge in [0.05, 0.1) is 13.2 Å². The molecule has 194 valence electrons. The summed E-state index contributed by atoms with van der Waals surface area (Å²) in [5, 5.41) is 2.29. The number of likely N-dealkylation sites (tertiary alicyclic amines) is 1. The number of hydrogen-bond donors (Lipinski definition) is 1. The first-order valence-electron chi connectivity index (χ1n) is 13.6. The van der Waals surface area contributed by atoms with Crippen molar-refractivity contribution in [2.75, 3.05) is 33.3 Å². The Kier molecular flexibility index (Phi) is 7.92. The van der Waals surface area contributed by atoms with E-state index in [2.05, 4.69) is 34.4 Å². The molecule has 2 unspecified atom stereocenters. The number of hydrogen-bond acceptors (Lipinski definition) is 4. The lowest BCUT2D eigenvalue weighted by molar-refractivity contribution is 0.146. The van der Waals surface area contributed by atoms with Crippen LogP contribution >= 0.6 is 0 Å². The molecule has 3 aliphatic rings. The van der Waals surface area contributed by atoms with Crippen molar-refractivity contribution in [2.24, 2.45) is 11.8 Å². The molecule has 2 aromatic carbocycles. The van der Waals surface area contributed by atoms with Gasteiger partial charge in [-0.1, -0.05) is 24.6 Å². The van der Waals surface area contributed by atoms with Gasteiger partial charge in [0.1, 0.15) is 5.82 Å². The Bertz CT molecular complexity index is 1070. The minimum Gasteiger partial charge on any atom is -0.494 e. The molecule has 1 aliphatic carbocycles. The third kappa shape index (κ3) is 5.60. The third-order valence-corrected chi connectivity index (χ3v) is 8.43. The molecule has 1 saturated carbocycles. The molecule has 0 aromatic heterocycles. The summed E-state index contributed by atoms with van der Waals surface area (Å²) in [5.41, 5.74) is 7.17. The first-order chi connectivity index (χ1) is 17.5. The predicted molar refractivity (Wildman–Crippen MR) is 140 cm³/mol. The number of hydrazine groups is 1. The molecule has 2 fully saturated rings. The number of ether oxygens (including phenoxy) is 1. The number of piperidine rings is 1. The zero-order valence-corrected chi connectivity index (χ0v) is 21.6. The molecule has 2 heterocycles. The van der Waals surface area contributed by atoms with Gasteiger partial charge in [0.25, 0.3) is 0 Å². The molecule has 3 atom stereocenters. The van der Waals surface area contributed by atoms with E-state index in [9.17, 15) is 8.78 Å². The minimum atomic E-state index is -0.307. The summed E-state index contributed by atoms with van der Waals surface area (Å²) in [7, 11) is 1.49. The monoisotopic (exact) mass is 495 g/mol. The quantitative estimate of drug-likeness (QED) is 0.493. The van der Waals surface area contributed by atoms with Gasteiger partial charge < -0.3 is 14.6 Å². The molecule has 0 amide bonds. The summed E-state index contributed by atoms with van der Waals surface area (Å²) in [4.78, 5) is 2.63. The average molecular weight is 496 g/mol. The fourth-order valence-corrected chi connectivity index (χ4v) is 6.61. The Labute approximate surface area is 214 Å². The Hall–Kier alpha value is -2.44. The van der Waals surface area contributed by atoms with Gasteiger partial charge in [-0.2, -0.15) is 0 Å². The number of allylic oxidation sites excluding steroid dienone is 1. The van der Waals surface area contributed by atoms with Crippen molar-refractivity contribution in [1.29, 1.82) is 0 Å². The number of methoxy groups -OCH3 is 1. The highest BCUT2D eigenvalue weighted by atomic mass is 19.1. The van der Waals surface area contributed by atoms with E-state index in [1.54, 1.807) is 24.3 Å². The lowest BCUT2D eigenvalue weighted by atomic mass is 9.87. The molecule has 36 heavy (non-hydrogen) atoms. The van der Waals surface area contributed by atoms with E-state index in [1.807, 2.05) is 12.1 Å². The fourth-order valence-electron chi connectivity index (χ4n) is 6.61. The van der Waals surface area contributed by atoms with Crippen LogP contribution in [0.5, 0.6) is 5.75 Å². The molecule has 2 aromatic rings. The Balaban J connectivity index is 1.17. The molecule has 2 aliphatic heterocycles. The molecule has 5 rings (SSSR count). The van der Waals surface area contributed by atoms with Crippen LogP contribution in [0.15, 0.2) is 54.2 Å². The Morgan fingerprint density at radius 3 is 2.58 bits per heavy atom. The summed E-state index contributed by atoms with van der Waals surface area (Å²) in [6.45, 7) is 6.43. The van der Waals surface area contributed by atoms with E-state index in [-0.39, 0.29) is 23.4 Å². The predicted octanol–water partition coefficient (Wildman–Crippen LogP) is 5.90. The topological polar surface area (TPSA) is 27.7 Å². The van der Waals surface area contributed by atoms with E-state index >= 15 is 0 Å². The van der Waals surface area contributed by atoms with E-state index < -0.39 is 0 Å². The van der Waals surface area contributed by atoms with Crippen molar-refractivity contribution < 1.29 is 13.5 Å². The van der Waals surface area contributed by atoms with E-state index in [1.165, 1.54) is 37.6 Å². The van der Waals surface area contributed by atoms with Crippen LogP contribution in [-0.2, 0) is 6.42 Å². The van der Waals surface area contributed by atoms with Crippen molar-refractivity contribution >= 4 is 0 Å². The van der Waals surface area contributed by atoms with Crippen LogP contribution in [0.2, 0.25) is 0 Å². The number of rotatable bonds is 8. The lowest BCUT2D eigenvalue weighted by Gasteiger charge is -2.37. The van der Waals surface area contributed by atoms with Crippen LogP contribution in [0.4, 0.5) is 8.78 Å². The van der Waals surface area contributed by atoms with Crippen molar-refractivity contribution in [3.8, 4) is 5.75 Å². The standard InChI is InChI=1S/C30H39F2N3O/c1-3-35-29(19-26(33-35)16-21-10-11-30(36-2)28(32)17-21)22-12-14-34(15-13-22)20-24-7-5-9-27(24)23-6-4-8-25(31)18-23/h4,6,8,10-11,17-19,22,24,26-27,33H,3,5,7,9,12-16,20H2,1-2H3/t24?,26?,27-/m1/s1. The second-order valence-corrected chi connectivity index (χ2v) is 10.7. The number of halogens is 2. The highest BCUT2D eigenvalue weighted by Crippen LogP contribution is 2.41. The van der Waals surface area contributed by atoms with Crippen molar-refractivity contribution in [1.82, 2.24) is 15.3 Å². The van der Waals surface area contributed by atoms with Crippen LogP contribution in [0.3, 0.4) is 0 Å². The number of benzene rings is 2. The number of nitrogens with one attached hydrogen (secondary N) is 1. The summed E-state index contributed by atoms with van der Waals surface area (Å²) in [5.74, 6) is 1.52. The maximum absolute atomic E-state index is 14.2. The third-order valence-electron chi connectivity index (χ3n) is 8.43. The van der Waals surface area contributed by atoms with Gasteiger partial charge in [0, 0.05) is 24.7 Å². The summed E-state index contributed by atoms with van der Waals surface area (Å²) in [6, 6.07) is 12.7. The smallest absolute Gasteiger partial charge is 0.165 e. The molecule has 6 heteroatoms. The van der Waals surface area contributed by atoms with Crippen LogP contribution in [0, 0.1) is 23.5 Å². The fraction of sp³-hybridized carbons (Fsp3) is 0.533. The van der Waals surface area contributed by atoms with Gasteiger partial charge in [0.15, 0.2) is 11.6 Å². The van der Waals surface area contributed by atoms with Crippen molar-refractivity contribution in [3.63, 3.8) is 0 Å². The lowest BCUT2D eigenvalue weighted by Crippen LogP contribution is -2.42. The first kappa shape index (κ1) is 25.2. The molecule has 1 N–H and O–H groups in total. The molecular weight excluding hydrogens is 456 g/mol. The van der Waals surface area contributed by atoms with Gasteiger partial charge in [-0.3, -0.25) is 0 Å². The van der Waals surface area contributed by atoms with Gasteiger partial charge >= 0.3 is 0 Å². The summed E-state index contributed by atoms with van der Waals surface area (Å²) >= 11 is 0. The second-order valence-electron chi connectivity index (χ2n) is 10.7. The normalized spacial score (nSPS) is 25.4. The molecule has 0 bridgehead atoms. The van der Waals surface area contributed by atoms with Crippen LogP contribution in [0.25, 0.3) is 0 Å². The van der Waals surface area contributed by atoms with Crippen LogP contribution in [0.1, 0.15) is 56.1 Å². The minimum absolute atomic E-state index is 0.117. The van der Waals surface area contributed by atoms with Crippen LogP contribution < -0.4 is 10.2 Å². The Morgan fingerprint density at radius 1 is 1.03 bits per heavy atom. The largest absolute Gasteiger partial charge is 0.494 e. The van der Waals surface area contributed by atoms with E-state index in [0.717, 1.165) is 51.0 Å². The highest BCUT2D eigenvalue weighted by Gasteiger charge is 2.34. The molecule has 4 nitrogen and oxygen atoms in total. The average Bonchev–Trinajstić information content (AvgIpc) is 3.51. The molecule has 0 radical (unpaired) electrons. The van der Waals surface area contributed by atoms with Gasteiger partial charge in [0.2, 0.25) is 0 Å². The molecular formula is C30H39F2N3O. The summed E-state index contributed by atoms with van der Waals surface area (Å²) in [6.07, 6.45) is 9.09. The Morgan fingerprint density at radius 2 is 1.86 bits per heavy atom. The van der Waals surface area contributed by atoms with Crippen LogP contribution in [-0.4, -0.2) is 49.2 Å². The summed E-state index contributed by atoms with van der Waals surface area (Å²) < 4.78 is 33.0. The molecule has 1 saturated heterocycles. The maximum Gasteiger partial charge on any atom is 0.165 e.